The van der Waals surface area contributed by atoms with Crippen molar-refractivity contribution >= 4 is 63.8 Å². The SMILES string of the molecule is BrC1CSC=N1.C1CCOC1.CC(C)(C)CC1CSC=N1.CCC(C)(C)C.CP(C)c1ccccc1-c1ccccc1. The Bertz CT molecular complexity index is 1010. The minimum absolute atomic E-state index is 0.0400. The van der Waals surface area contributed by atoms with Crippen LogP contribution in [-0.4, -0.2) is 60.1 Å². The van der Waals surface area contributed by atoms with E-state index in [1.165, 1.54) is 47.9 Å². The van der Waals surface area contributed by atoms with Gasteiger partial charge >= 0.3 is 0 Å². The maximum atomic E-state index is 4.94. The van der Waals surface area contributed by atoms with Crippen LogP contribution in [0.2, 0.25) is 0 Å². The van der Waals surface area contributed by atoms with Crippen molar-refractivity contribution in [1.29, 1.82) is 0 Å². The summed E-state index contributed by atoms with van der Waals surface area (Å²) in [6.45, 7) is 22.4. The van der Waals surface area contributed by atoms with E-state index < -0.39 is 0 Å². The van der Waals surface area contributed by atoms with Crippen LogP contribution in [-0.2, 0) is 4.74 Å². The van der Waals surface area contributed by atoms with Gasteiger partial charge in [0.25, 0.3) is 0 Å². The Labute approximate surface area is 276 Å². The molecule has 3 nitrogen and oxygen atoms in total. The maximum absolute atomic E-state index is 4.94. The molecule has 3 heterocycles. The number of aliphatic imine (C=N–C) groups is 2. The minimum atomic E-state index is -0.0400. The molecule has 3 aliphatic heterocycles. The van der Waals surface area contributed by atoms with Gasteiger partial charge < -0.3 is 4.74 Å². The first-order chi connectivity index (χ1) is 19.8. The van der Waals surface area contributed by atoms with Gasteiger partial charge in [-0.15, -0.1) is 23.5 Å². The predicted octanol–water partition coefficient (Wildman–Crippen LogP) is 11.0. The van der Waals surface area contributed by atoms with Crippen LogP contribution in [0.25, 0.3) is 11.1 Å². The quantitative estimate of drug-likeness (QED) is 0.182. The average Bonchev–Trinajstić information content (AvgIpc) is 3.75. The number of thioether (sulfide) groups is 2. The lowest BCUT2D eigenvalue weighted by molar-refractivity contribution is 0.198. The molecule has 1 fully saturated rings. The molecule has 7 heteroatoms. The highest BCUT2D eigenvalue weighted by Crippen LogP contribution is 2.30. The summed E-state index contributed by atoms with van der Waals surface area (Å²) in [4.78, 5) is 8.74. The molecule has 2 aromatic rings. The first-order valence-corrected chi connectivity index (χ1v) is 20.4. The molecule has 2 unspecified atom stereocenters. The van der Waals surface area contributed by atoms with Crippen molar-refractivity contribution in [3.05, 3.63) is 54.6 Å². The Kier molecular flexibility index (Phi) is 20.6. The minimum Gasteiger partial charge on any atom is -0.381 e. The Balaban J connectivity index is 0.000000283. The molecule has 3 aliphatic rings. The summed E-state index contributed by atoms with van der Waals surface area (Å²) in [6.07, 6.45) is 5.05. The Morgan fingerprint density at radius 3 is 1.74 bits per heavy atom. The van der Waals surface area contributed by atoms with E-state index in [4.69, 9.17) is 4.74 Å². The molecular formula is C35H56BrN2OPS2. The molecule has 0 aliphatic carbocycles. The van der Waals surface area contributed by atoms with Gasteiger partial charge in [0, 0.05) is 24.7 Å². The fourth-order valence-electron chi connectivity index (χ4n) is 3.66. The van der Waals surface area contributed by atoms with Gasteiger partial charge in [-0.1, -0.05) is 133 Å². The first kappa shape index (κ1) is 39.4. The van der Waals surface area contributed by atoms with Crippen LogP contribution >= 0.6 is 47.4 Å². The van der Waals surface area contributed by atoms with E-state index in [1.807, 2.05) is 22.9 Å². The van der Waals surface area contributed by atoms with Crippen LogP contribution in [0.3, 0.4) is 0 Å². The van der Waals surface area contributed by atoms with Crippen molar-refractivity contribution < 1.29 is 4.74 Å². The second-order valence-corrected chi connectivity index (χ2v) is 18.1. The first-order valence-electron chi connectivity index (χ1n) is 15.1. The van der Waals surface area contributed by atoms with E-state index in [1.54, 1.807) is 11.8 Å². The monoisotopic (exact) mass is 694 g/mol. The van der Waals surface area contributed by atoms with Crippen molar-refractivity contribution in [3.8, 4) is 11.1 Å². The van der Waals surface area contributed by atoms with Gasteiger partial charge in [0.1, 0.15) is 4.95 Å². The molecule has 0 saturated carbocycles. The van der Waals surface area contributed by atoms with Gasteiger partial charge in [0.15, 0.2) is 0 Å². The molecule has 0 aromatic heterocycles. The number of halogens is 1. The summed E-state index contributed by atoms with van der Waals surface area (Å²) in [5.74, 6) is 2.29. The second kappa shape index (κ2) is 22.0. The molecule has 0 amide bonds. The molecule has 5 rings (SSSR count). The highest BCUT2D eigenvalue weighted by atomic mass is 79.9. The van der Waals surface area contributed by atoms with Crippen molar-refractivity contribution in [2.75, 3.05) is 38.0 Å². The summed E-state index contributed by atoms with van der Waals surface area (Å²) in [5.41, 5.74) is 7.54. The Morgan fingerprint density at radius 1 is 0.810 bits per heavy atom. The van der Waals surface area contributed by atoms with E-state index in [0.29, 0.717) is 21.8 Å². The molecule has 2 atom stereocenters. The Morgan fingerprint density at radius 2 is 1.36 bits per heavy atom. The third-order valence-electron chi connectivity index (χ3n) is 6.37. The fourth-order valence-corrected chi connectivity index (χ4v) is 6.79. The fraction of sp³-hybridized carbons (Fsp3) is 0.600. The van der Waals surface area contributed by atoms with Crippen LogP contribution in [0.5, 0.6) is 0 Å². The lowest BCUT2D eigenvalue weighted by Gasteiger charge is -2.20. The van der Waals surface area contributed by atoms with Crippen molar-refractivity contribution in [1.82, 2.24) is 0 Å². The highest BCUT2D eigenvalue weighted by Gasteiger charge is 2.19. The largest absolute Gasteiger partial charge is 0.381 e. The molecular weight excluding hydrogens is 639 g/mol. The van der Waals surface area contributed by atoms with E-state index in [-0.39, 0.29) is 7.92 Å². The van der Waals surface area contributed by atoms with Gasteiger partial charge in [0.05, 0.1) is 17.1 Å². The zero-order valence-electron chi connectivity index (χ0n) is 27.6. The summed E-state index contributed by atoms with van der Waals surface area (Å²) >= 11 is 6.89. The number of nitrogens with zero attached hydrogens (tertiary/aromatic N) is 2. The number of alkyl halides is 1. The van der Waals surface area contributed by atoms with Crippen LogP contribution < -0.4 is 5.30 Å². The number of benzene rings is 2. The Hall–Kier alpha value is -0.650. The lowest BCUT2D eigenvalue weighted by atomic mass is 9.89. The zero-order chi connectivity index (χ0) is 31.4. The van der Waals surface area contributed by atoms with E-state index in [9.17, 15) is 0 Å². The third kappa shape index (κ3) is 20.3. The summed E-state index contributed by atoms with van der Waals surface area (Å²) in [7, 11) is -0.0400. The third-order valence-corrected chi connectivity index (χ3v) is 10.3. The van der Waals surface area contributed by atoms with Gasteiger partial charge in [-0.05, 0) is 59.9 Å². The topological polar surface area (TPSA) is 34.0 Å². The summed E-state index contributed by atoms with van der Waals surface area (Å²) in [6, 6.07) is 19.9. The van der Waals surface area contributed by atoms with Crippen LogP contribution in [0.1, 0.15) is 74.1 Å². The van der Waals surface area contributed by atoms with Gasteiger partial charge in [-0.3, -0.25) is 9.98 Å². The lowest BCUT2D eigenvalue weighted by Crippen LogP contribution is -2.15. The molecule has 0 bridgehead atoms. The van der Waals surface area contributed by atoms with Gasteiger partial charge in [0.2, 0.25) is 0 Å². The zero-order valence-corrected chi connectivity index (χ0v) is 31.7. The number of hydrogen-bond donors (Lipinski definition) is 0. The molecule has 0 N–H and O–H groups in total. The van der Waals surface area contributed by atoms with Gasteiger partial charge in [-0.25, -0.2) is 0 Å². The van der Waals surface area contributed by atoms with Crippen molar-refractivity contribution in [3.63, 3.8) is 0 Å². The average molecular weight is 696 g/mol. The van der Waals surface area contributed by atoms with E-state index >= 15 is 0 Å². The van der Waals surface area contributed by atoms with Crippen LogP contribution in [0, 0.1) is 10.8 Å². The molecule has 42 heavy (non-hydrogen) atoms. The van der Waals surface area contributed by atoms with E-state index in [2.05, 4.69) is 142 Å². The summed E-state index contributed by atoms with van der Waals surface area (Å²) in [5, 5.41) is 1.48. The standard InChI is InChI=1S/C14H15P.C8H15NS.C6H14.C4H8O.C3H4BrNS/c1-15(2)14-11-7-6-10-13(14)12-8-4-3-5-9-12;1-8(2,3)4-7-5-10-6-9-7;1-5-6(2,3)4;1-2-4-5-3-1;4-3-1-6-2-5-3/h3-11H,1-2H3;6-7H,4-5H2,1-3H3;5H2,1-4H3;1-4H2;2-3H,1H2. The van der Waals surface area contributed by atoms with E-state index in [0.717, 1.165) is 19.0 Å². The highest BCUT2D eigenvalue weighted by molar-refractivity contribution is 9.09. The molecule has 2 aromatic carbocycles. The predicted molar refractivity (Wildman–Crippen MR) is 203 cm³/mol. The van der Waals surface area contributed by atoms with Crippen molar-refractivity contribution in [2.45, 2.75) is 85.1 Å². The number of rotatable bonds is 3. The van der Waals surface area contributed by atoms with Gasteiger partial charge in [-0.2, -0.15) is 0 Å². The molecule has 1 saturated heterocycles. The second-order valence-electron chi connectivity index (χ2n) is 13.0. The number of ether oxygens (including phenoxy) is 1. The smallest absolute Gasteiger partial charge is 0.115 e. The molecule has 236 valence electrons. The molecule has 0 radical (unpaired) electrons. The summed E-state index contributed by atoms with van der Waals surface area (Å²) < 4.78 is 4.94. The maximum Gasteiger partial charge on any atom is 0.115 e. The van der Waals surface area contributed by atoms with Crippen LogP contribution in [0.15, 0.2) is 64.6 Å². The molecule has 0 spiro atoms. The number of hydrogen-bond acceptors (Lipinski definition) is 5. The normalized spacial score (nSPS) is 19.0. The van der Waals surface area contributed by atoms with Crippen LogP contribution in [0.4, 0.5) is 0 Å². The van der Waals surface area contributed by atoms with Crippen molar-refractivity contribution in [2.24, 2.45) is 20.8 Å².